The molecule has 1 rings (SSSR count). The molecule has 0 aromatic carbocycles. The van der Waals surface area contributed by atoms with Gasteiger partial charge in [-0.2, -0.15) is 0 Å². The molecule has 1 saturated heterocycles. The predicted octanol–water partition coefficient (Wildman–Crippen LogP) is -0.688. The van der Waals surface area contributed by atoms with Gasteiger partial charge in [0.15, 0.2) is 0 Å². The second kappa shape index (κ2) is 6.54. The summed E-state index contributed by atoms with van der Waals surface area (Å²) in [4.78, 5) is 0. The summed E-state index contributed by atoms with van der Waals surface area (Å²) in [7, 11) is 2.87. The second-order valence-corrected chi connectivity index (χ2v) is 2.30. The van der Waals surface area contributed by atoms with Gasteiger partial charge >= 0.3 is 0 Å². The van der Waals surface area contributed by atoms with E-state index in [1.54, 1.807) is 0 Å². The van der Waals surface area contributed by atoms with E-state index in [9.17, 15) is 0 Å². The van der Waals surface area contributed by atoms with Gasteiger partial charge in [-0.15, -0.1) is 0 Å². The summed E-state index contributed by atoms with van der Waals surface area (Å²) in [6.45, 7) is 0.151. The zero-order chi connectivity index (χ0) is 8.69. The molecule has 4 heteroatoms. The van der Waals surface area contributed by atoms with Crippen LogP contribution in [-0.2, 0) is 4.74 Å². The monoisotopic (exact) mass is 163 g/mol. The average Bonchev–Trinajstić information content (AvgIpc) is 2.55. The molecule has 0 saturated carbocycles. The Balaban J connectivity index is 0.000000461. The van der Waals surface area contributed by atoms with Crippen molar-refractivity contribution in [1.82, 2.24) is 5.32 Å². The van der Waals surface area contributed by atoms with Crippen LogP contribution < -0.4 is 5.32 Å². The normalized spacial score (nSPS) is 29.5. The molecule has 68 valence electrons. The molecule has 0 bridgehead atoms. The fraction of sp³-hybridized carbons (Fsp3) is 1.00. The van der Waals surface area contributed by atoms with Gasteiger partial charge in [-0.1, -0.05) is 0 Å². The number of aliphatic hydroxyl groups is 2. The standard InChI is InChI=1S/C6H13NO2.CH4O/c1-7-6-3-2-5(4-8)9-6;1-2/h5-8H,2-4H2,1H3;2H,1H3. The van der Waals surface area contributed by atoms with Crippen LogP contribution >= 0.6 is 0 Å². The molecule has 1 aliphatic rings. The summed E-state index contributed by atoms with van der Waals surface area (Å²) < 4.78 is 5.30. The zero-order valence-corrected chi connectivity index (χ0v) is 7.08. The Hall–Kier alpha value is -0.160. The highest BCUT2D eigenvalue weighted by Gasteiger charge is 2.22. The lowest BCUT2D eigenvalue weighted by Gasteiger charge is -2.09. The Morgan fingerprint density at radius 3 is 2.36 bits per heavy atom. The molecule has 1 fully saturated rings. The van der Waals surface area contributed by atoms with Gasteiger partial charge < -0.3 is 14.9 Å². The van der Waals surface area contributed by atoms with Crippen molar-refractivity contribution in [3.8, 4) is 0 Å². The number of aliphatic hydroxyl groups excluding tert-OH is 2. The van der Waals surface area contributed by atoms with Crippen molar-refractivity contribution in [3.63, 3.8) is 0 Å². The third-order valence-corrected chi connectivity index (χ3v) is 1.63. The van der Waals surface area contributed by atoms with Crippen LogP contribution in [0.4, 0.5) is 0 Å². The molecule has 0 spiro atoms. The molecular weight excluding hydrogens is 146 g/mol. The predicted molar refractivity (Wildman–Crippen MR) is 42.2 cm³/mol. The molecular formula is C7H17NO3. The summed E-state index contributed by atoms with van der Waals surface area (Å²) in [6.07, 6.45) is 2.23. The topological polar surface area (TPSA) is 61.7 Å². The summed E-state index contributed by atoms with van der Waals surface area (Å²) >= 11 is 0. The van der Waals surface area contributed by atoms with E-state index in [2.05, 4.69) is 5.32 Å². The molecule has 1 heterocycles. The Morgan fingerprint density at radius 2 is 2.09 bits per heavy atom. The first-order valence-corrected chi connectivity index (χ1v) is 3.75. The van der Waals surface area contributed by atoms with Crippen LogP contribution in [0, 0.1) is 0 Å². The maximum atomic E-state index is 8.63. The molecule has 0 radical (unpaired) electrons. The minimum Gasteiger partial charge on any atom is -0.400 e. The Morgan fingerprint density at radius 1 is 1.45 bits per heavy atom. The number of nitrogens with one attached hydrogen (secondary N) is 1. The van der Waals surface area contributed by atoms with Gasteiger partial charge in [0.25, 0.3) is 0 Å². The summed E-state index contributed by atoms with van der Waals surface area (Å²) in [5.41, 5.74) is 0. The number of hydrogen-bond acceptors (Lipinski definition) is 4. The van der Waals surface area contributed by atoms with Crippen LogP contribution in [0.1, 0.15) is 12.8 Å². The maximum absolute atomic E-state index is 8.63. The fourth-order valence-electron chi connectivity index (χ4n) is 1.05. The summed E-state index contributed by atoms with van der Waals surface area (Å²) in [6, 6.07) is 0. The SMILES string of the molecule is CNC1CCC(CO)O1.CO. The highest BCUT2D eigenvalue weighted by molar-refractivity contribution is 4.69. The van der Waals surface area contributed by atoms with Gasteiger partial charge in [-0.05, 0) is 19.9 Å². The summed E-state index contributed by atoms with van der Waals surface area (Å²) in [5.74, 6) is 0. The van der Waals surface area contributed by atoms with Gasteiger partial charge in [0.2, 0.25) is 0 Å². The highest BCUT2D eigenvalue weighted by atomic mass is 16.5. The molecule has 2 atom stereocenters. The van der Waals surface area contributed by atoms with Gasteiger partial charge in [0.05, 0.1) is 12.7 Å². The molecule has 0 aromatic heterocycles. The van der Waals surface area contributed by atoms with E-state index in [-0.39, 0.29) is 18.9 Å². The van der Waals surface area contributed by atoms with Crippen LogP contribution in [-0.4, -0.2) is 43.3 Å². The fourth-order valence-corrected chi connectivity index (χ4v) is 1.05. The molecule has 11 heavy (non-hydrogen) atoms. The number of hydrogen-bond donors (Lipinski definition) is 3. The quantitative estimate of drug-likeness (QED) is 0.504. The van der Waals surface area contributed by atoms with E-state index in [0.29, 0.717) is 0 Å². The minimum atomic E-state index is 0.0717. The Kier molecular flexibility index (Phi) is 6.45. The smallest absolute Gasteiger partial charge is 0.108 e. The van der Waals surface area contributed by atoms with Gasteiger partial charge in [-0.3, -0.25) is 5.32 Å². The Labute approximate surface area is 67.2 Å². The van der Waals surface area contributed by atoms with E-state index in [1.807, 2.05) is 7.05 Å². The van der Waals surface area contributed by atoms with Crippen LogP contribution in [0.3, 0.4) is 0 Å². The van der Waals surface area contributed by atoms with Crippen LogP contribution in [0.5, 0.6) is 0 Å². The minimum absolute atomic E-state index is 0.0717. The van der Waals surface area contributed by atoms with E-state index < -0.39 is 0 Å². The highest BCUT2D eigenvalue weighted by Crippen LogP contribution is 2.16. The second-order valence-electron chi connectivity index (χ2n) is 2.30. The number of ether oxygens (including phenoxy) is 1. The molecule has 3 N–H and O–H groups in total. The maximum Gasteiger partial charge on any atom is 0.108 e. The zero-order valence-electron chi connectivity index (χ0n) is 7.08. The lowest BCUT2D eigenvalue weighted by Crippen LogP contribution is -2.25. The third-order valence-electron chi connectivity index (χ3n) is 1.63. The van der Waals surface area contributed by atoms with Gasteiger partial charge in [-0.25, -0.2) is 0 Å². The van der Waals surface area contributed by atoms with E-state index in [4.69, 9.17) is 14.9 Å². The number of rotatable bonds is 2. The molecule has 4 nitrogen and oxygen atoms in total. The van der Waals surface area contributed by atoms with Crippen molar-refractivity contribution in [2.24, 2.45) is 0 Å². The van der Waals surface area contributed by atoms with Crippen molar-refractivity contribution >= 4 is 0 Å². The van der Waals surface area contributed by atoms with Crippen molar-refractivity contribution in [2.45, 2.75) is 25.2 Å². The van der Waals surface area contributed by atoms with Crippen LogP contribution in [0.25, 0.3) is 0 Å². The first-order valence-electron chi connectivity index (χ1n) is 3.75. The van der Waals surface area contributed by atoms with Crippen molar-refractivity contribution in [3.05, 3.63) is 0 Å². The Bertz CT molecular complexity index is 79.8. The summed E-state index contributed by atoms with van der Waals surface area (Å²) in [5, 5.41) is 18.6. The van der Waals surface area contributed by atoms with Crippen molar-refractivity contribution < 1.29 is 14.9 Å². The van der Waals surface area contributed by atoms with Crippen molar-refractivity contribution in [2.75, 3.05) is 20.8 Å². The van der Waals surface area contributed by atoms with Crippen molar-refractivity contribution in [1.29, 1.82) is 0 Å². The lowest BCUT2D eigenvalue weighted by molar-refractivity contribution is 0.000623. The first-order chi connectivity index (χ1) is 5.36. The van der Waals surface area contributed by atoms with E-state index in [0.717, 1.165) is 20.0 Å². The van der Waals surface area contributed by atoms with E-state index >= 15 is 0 Å². The molecule has 0 aliphatic carbocycles. The van der Waals surface area contributed by atoms with Gasteiger partial charge in [0.1, 0.15) is 6.23 Å². The van der Waals surface area contributed by atoms with Crippen LogP contribution in [0.2, 0.25) is 0 Å². The average molecular weight is 163 g/mol. The van der Waals surface area contributed by atoms with E-state index in [1.165, 1.54) is 0 Å². The first kappa shape index (κ1) is 10.8. The largest absolute Gasteiger partial charge is 0.400 e. The van der Waals surface area contributed by atoms with Crippen LogP contribution in [0.15, 0.2) is 0 Å². The molecule has 2 unspecified atom stereocenters. The molecule has 0 amide bonds. The molecule has 0 aromatic rings. The third kappa shape index (κ3) is 3.67. The lowest BCUT2D eigenvalue weighted by atomic mass is 10.2. The van der Waals surface area contributed by atoms with Gasteiger partial charge in [0, 0.05) is 7.11 Å². The molecule has 1 aliphatic heterocycles.